The van der Waals surface area contributed by atoms with E-state index in [-0.39, 0.29) is 69.0 Å². The summed E-state index contributed by atoms with van der Waals surface area (Å²) in [6.45, 7) is 4.58. The predicted molar refractivity (Wildman–Crippen MR) is 124 cm³/mol. The minimum Gasteiger partial charge on any atom is -0.388 e. The van der Waals surface area contributed by atoms with Gasteiger partial charge in [0.2, 0.25) is 23.6 Å². The Labute approximate surface area is 210 Å². The third kappa shape index (κ3) is 5.35. The number of hydrogen-bond donors (Lipinski definition) is 4. The first kappa shape index (κ1) is 26.7. The lowest BCUT2D eigenvalue weighted by Crippen LogP contribution is -2.64. The standard InChI is InChI=1S/C23H37N5O8/c1-12(2)28-9-13-6-14(28)23(34)26-4-5-27(19(30)11-35-3)15(10-26)22(33)24-8-17-21(32)20(31)16(36-17)7-18(29)25-13/h12-17,20-21,31-32H,4-11H2,1-3H3,(H,24,33)(H,25,29)/t13-,14-,15-,16-,17+,20-,21+/m0/s1. The van der Waals surface area contributed by atoms with Gasteiger partial charge in [0.25, 0.3) is 0 Å². The van der Waals surface area contributed by atoms with Crippen molar-refractivity contribution in [2.75, 3.05) is 46.4 Å². The molecule has 0 radical (unpaired) electrons. The molecule has 4 amide bonds. The van der Waals surface area contributed by atoms with Crippen molar-refractivity contribution in [3.05, 3.63) is 0 Å². The molecule has 0 aliphatic carbocycles. The quantitative estimate of drug-likeness (QED) is 0.303. The first-order valence-corrected chi connectivity index (χ1v) is 12.5. The number of aliphatic hydroxyl groups is 2. The SMILES string of the molecule is COCC(=O)N1CCN2C[C@H]1C(=O)NC[C@H]1O[C@@H](CC(=O)N[C@H]3C[C@@H](C2=O)N(C(C)C)C3)[C@H](O)[C@@H]1O. The molecular weight excluding hydrogens is 474 g/mol. The van der Waals surface area contributed by atoms with E-state index in [1.807, 2.05) is 18.7 Å². The zero-order valence-electron chi connectivity index (χ0n) is 21.0. The summed E-state index contributed by atoms with van der Waals surface area (Å²) < 4.78 is 10.7. The second-order valence-corrected chi connectivity index (χ2v) is 10.3. The van der Waals surface area contributed by atoms with Crippen molar-refractivity contribution in [3.8, 4) is 0 Å². The summed E-state index contributed by atoms with van der Waals surface area (Å²) >= 11 is 0. The van der Waals surface area contributed by atoms with Crippen molar-refractivity contribution >= 4 is 23.6 Å². The molecule has 4 aliphatic heterocycles. The Kier molecular flexibility index (Phi) is 8.15. The monoisotopic (exact) mass is 511 g/mol. The largest absolute Gasteiger partial charge is 0.388 e. The van der Waals surface area contributed by atoms with Gasteiger partial charge in [0.15, 0.2) is 0 Å². The molecule has 13 heteroatoms. The van der Waals surface area contributed by atoms with E-state index in [4.69, 9.17) is 9.47 Å². The van der Waals surface area contributed by atoms with Crippen LogP contribution in [0.2, 0.25) is 0 Å². The highest BCUT2D eigenvalue weighted by atomic mass is 16.5. The van der Waals surface area contributed by atoms with Gasteiger partial charge in [0, 0.05) is 45.4 Å². The molecule has 36 heavy (non-hydrogen) atoms. The Morgan fingerprint density at radius 2 is 1.83 bits per heavy atom. The molecule has 0 aromatic rings. The number of methoxy groups -OCH3 is 1. The van der Waals surface area contributed by atoms with E-state index in [1.165, 1.54) is 12.0 Å². The maximum atomic E-state index is 13.6. The molecule has 0 saturated carbocycles. The Morgan fingerprint density at radius 1 is 1.11 bits per heavy atom. The van der Waals surface area contributed by atoms with Crippen molar-refractivity contribution in [2.24, 2.45) is 0 Å². The Morgan fingerprint density at radius 3 is 2.53 bits per heavy atom. The fourth-order valence-electron chi connectivity index (χ4n) is 5.65. The molecule has 13 nitrogen and oxygen atoms in total. The van der Waals surface area contributed by atoms with Crippen molar-refractivity contribution in [1.29, 1.82) is 0 Å². The normalized spacial score (nSPS) is 36.3. The van der Waals surface area contributed by atoms with E-state index in [2.05, 4.69) is 10.6 Å². The van der Waals surface area contributed by atoms with Gasteiger partial charge in [-0.05, 0) is 20.3 Å². The first-order chi connectivity index (χ1) is 17.1. The lowest BCUT2D eigenvalue weighted by atomic mass is 10.0. The van der Waals surface area contributed by atoms with E-state index in [1.54, 1.807) is 4.90 Å². The van der Waals surface area contributed by atoms with Crippen LogP contribution in [-0.2, 0) is 28.7 Å². The van der Waals surface area contributed by atoms with Gasteiger partial charge in [-0.2, -0.15) is 0 Å². The van der Waals surface area contributed by atoms with Gasteiger partial charge in [-0.15, -0.1) is 0 Å². The second kappa shape index (κ2) is 11.0. The van der Waals surface area contributed by atoms with Crippen LogP contribution >= 0.6 is 0 Å². The molecule has 4 saturated heterocycles. The van der Waals surface area contributed by atoms with Crippen LogP contribution in [0.1, 0.15) is 26.7 Å². The zero-order chi connectivity index (χ0) is 26.1. The highest BCUT2D eigenvalue weighted by Gasteiger charge is 2.47. The molecule has 4 rings (SSSR count). The number of likely N-dealkylation sites (tertiary alicyclic amines) is 1. The van der Waals surface area contributed by atoms with E-state index >= 15 is 0 Å². The van der Waals surface area contributed by atoms with Crippen molar-refractivity contribution in [2.45, 2.75) is 75.3 Å². The minimum atomic E-state index is -1.29. The van der Waals surface area contributed by atoms with Crippen LogP contribution in [0.4, 0.5) is 0 Å². The fourth-order valence-corrected chi connectivity index (χ4v) is 5.65. The summed E-state index contributed by atoms with van der Waals surface area (Å²) in [4.78, 5) is 57.3. The van der Waals surface area contributed by atoms with Crippen LogP contribution in [-0.4, -0.2) is 144 Å². The van der Waals surface area contributed by atoms with E-state index in [0.717, 1.165) is 0 Å². The summed E-state index contributed by atoms with van der Waals surface area (Å²) in [5.74, 6) is -1.34. The van der Waals surface area contributed by atoms with Crippen LogP contribution < -0.4 is 10.6 Å². The predicted octanol–water partition coefficient (Wildman–Crippen LogP) is -3.35. The summed E-state index contributed by atoms with van der Waals surface area (Å²) in [7, 11) is 1.40. The smallest absolute Gasteiger partial charge is 0.249 e. The van der Waals surface area contributed by atoms with Crippen LogP contribution in [0.5, 0.6) is 0 Å². The molecule has 6 bridgehead atoms. The summed E-state index contributed by atoms with van der Waals surface area (Å²) in [5.41, 5.74) is 0. The molecule has 202 valence electrons. The summed E-state index contributed by atoms with van der Waals surface area (Å²) in [5, 5.41) is 26.5. The number of fused-ring (bicyclic) bond motifs is 6. The van der Waals surface area contributed by atoms with Crippen molar-refractivity contribution in [3.63, 3.8) is 0 Å². The number of aliphatic hydroxyl groups excluding tert-OH is 2. The third-order valence-corrected chi connectivity index (χ3v) is 7.56. The van der Waals surface area contributed by atoms with Crippen LogP contribution in [0.25, 0.3) is 0 Å². The molecule has 0 aromatic heterocycles. The minimum absolute atomic E-state index is 0.0128. The van der Waals surface area contributed by atoms with Crippen molar-refractivity contribution in [1.82, 2.24) is 25.3 Å². The lowest BCUT2D eigenvalue weighted by Gasteiger charge is -2.42. The van der Waals surface area contributed by atoms with Crippen LogP contribution in [0.15, 0.2) is 0 Å². The maximum Gasteiger partial charge on any atom is 0.249 e. The van der Waals surface area contributed by atoms with E-state index < -0.39 is 42.4 Å². The number of carbonyl (C=O) groups excluding carboxylic acids is 4. The number of nitrogens with zero attached hydrogens (tertiary/aromatic N) is 3. The molecule has 0 aromatic carbocycles. The Balaban J connectivity index is 1.62. The second-order valence-electron chi connectivity index (χ2n) is 10.3. The van der Waals surface area contributed by atoms with Gasteiger partial charge >= 0.3 is 0 Å². The number of ether oxygens (including phenoxy) is 2. The molecule has 4 N–H and O–H groups in total. The van der Waals surface area contributed by atoms with E-state index in [0.29, 0.717) is 13.0 Å². The van der Waals surface area contributed by atoms with Gasteiger partial charge in [-0.3, -0.25) is 24.1 Å². The zero-order valence-corrected chi connectivity index (χ0v) is 21.0. The molecule has 7 atom stereocenters. The van der Waals surface area contributed by atoms with Gasteiger partial charge in [-0.1, -0.05) is 0 Å². The van der Waals surface area contributed by atoms with Gasteiger partial charge in [-0.25, -0.2) is 0 Å². The number of rotatable bonds is 3. The molecule has 0 spiro atoms. The number of amides is 4. The highest BCUT2D eigenvalue weighted by molar-refractivity contribution is 5.90. The third-order valence-electron chi connectivity index (χ3n) is 7.56. The van der Waals surface area contributed by atoms with Gasteiger partial charge < -0.3 is 40.1 Å². The number of nitrogens with one attached hydrogen (secondary N) is 2. The molecule has 0 unspecified atom stereocenters. The van der Waals surface area contributed by atoms with Gasteiger partial charge in [0.05, 0.1) is 25.1 Å². The average Bonchev–Trinajstić information content (AvgIpc) is 3.38. The van der Waals surface area contributed by atoms with Crippen LogP contribution in [0, 0.1) is 0 Å². The Hall–Kier alpha value is -2.32. The van der Waals surface area contributed by atoms with Crippen LogP contribution in [0.3, 0.4) is 0 Å². The molecule has 4 heterocycles. The summed E-state index contributed by atoms with van der Waals surface area (Å²) in [6, 6.07) is -1.65. The van der Waals surface area contributed by atoms with E-state index in [9.17, 15) is 29.4 Å². The van der Waals surface area contributed by atoms with Crippen molar-refractivity contribution < 1.29 is 38.9 Å². The number of hydrogen-bond acceptors (Lipinski definition) is 9. The molecular formula is C23H37N5O8. The molecule has 4 fully saturated rings. The number of carbonyl (C=O) groups is 4. The highest BCUT2D eigenvalue weighted by Crippen LogP contribution is 2.27. The maximum absolute atomic E-state index is 13.6. The fraction of sp³-hybridized carbons (Fsp3) is 0.826. The first-order valence-electron chi connectivity index (χ1n) is 12.5. The lowest BCUT2D eigenvalue weighted by molar-refractivity contribution is -0.152. The van der Waals surface area contributed by atoms with Gasteiger partial charge in [0.1, 0.15) is 31.0 Å². The Bertz CT molecular complexity index is 871. The molecule has 4 aliphatic rings. The number of piperazine rings is 1. The topological polar surface area (TPSA) is 161 Å². The average molecular weight is 512 g/mol. The summed E-state index contributed by atoms with van der Waals surface area (Å²) in [6.07, 6.45) is -4.19.